The average Bonchev–Trinajstić information content (AvgIpc) is 3.00. The topological polar surface area (TPSA) is 223 Å². The van der Waals surface area contributed by atoms with E-state index in [4.69, 9.17) is 20.3 Å². The molecular weight excluding hydrogens is 588 g/mol. The molecule has 0 spiro atoms. The molecule has 14 heteroatoms. The maximum absolute atomic E-state index is 12.2. The Hall–Kier alpha value is -3.10. The van der Waals surface area contributed by atoms with Gasteiger partial charge in [0.25, 0.3) is 0 Å². The predicted molar refractivity (Wildman–Crippen MR) is 167 cm³/mol. The molecule has 0 aromatic heterocycles. The molecule has 0 aliphatic rings. The molecule has 14 nitrogen and oxygen atoms in total. The smallest absolute Gasteiger partial charge is 0.326 e. The zero-order valence-electron chi connectivity index (χ0n) is 26.7. The first-order chi connectivity index (χ1) is 21.6. The van der Waals surface area contributed by atoms with Crippen molar-refractivity contribution in [2.45, 2.75) is 121 Å². The van der Waals surface area contributed by atoms with Crippen LogP contribution in [0.2, 0.25) is 0 Å². The lowest BCUT2D eigenvalue weighted by Gasteiger charge is -2.14. The highest BCUT2D eigenvalue weighted by Crippen LogP contribution is 2.12. The van der Waals surface area contributed by atoms with Gasteiger partial charge in [-0.05, 0) is 38.5 Å². The number of aliphatic carboxylic acids is 2. The third-order valence-corrected chi connectivity index (χ3v) is 6.97. The number of nitrogens with one attached hydrogen (secondary N) is 3. The van der Waals surface area contributed by atoms with Crippen LogP contribution in [0.3, 0.4) is 0 Å². The van der Waals surface area contributed by atoms with Gasteiger partial charge >= 0.3 is 11.9 Å². The highest BCUT2D eigenvalue weighted by molar-refractivity contribution is 5.84. The molecule has 260 valence electrons. The Morgan fingerprint density at radius 1 is 0.622 bits per heavy atom. The number of carbonyl (C=O) groups is 6. The summed E-state index contributed by atoms with van der Waals surface area (Å²) in [7, 11) is 0. The first-order valence-corrected chi connectivity index (χ1v) is 16.3. The Kier molecular flexibility index (Phi) is 27.6. The Labute approximate surface area is 266 Å². The number of hydrogen-bond acceptors (Lipinski definition) is 9. The highest BCUT2D eigenvalue weighted by Gasteiger charge is 2.20. The molecule has 2 atom stereocenters. The summed E-state index contributed by atoms with van der Waals surface area (Å²) in [5, 5.41) is 25.9. The molecule has 0 saturated carbocycles. The van der Waals surface area contributed by atoms with E-state index in [9.17, 15) is 33.9 Å². The number of rotatable bonds is 32. The van der Waals surface area contributed by atoms with Gasteiger partial charge in [-0.3, -0.25) is 19.2 Å². The maximum atomic E-state index is 12.2. The molecule has 0 aliphatic carbocycles. The van der Waals surface area contributed by atoms with Crippen molar-refractivity contribution in [1.82, 2.24) is 16.0 Å². The first kappa shape index (κ1) is 41.9. The lowest BCUT2D eigenvalue weighted by Crippen LogP contribution is -2.41. The van der Waals surface area contributed by atoms with E-state index in [1.54, 1.807) is 0 Å². The lowest BCUT2D eigenvalue weighted by molar-refractivity contribution is -0.142. The second kappa shape index (κ2) is 29.6. The highest BCUT2D eigenvalue weighted by atomic mass is 16.5. The van der Waals surface area contributed by atoms with Crippen molar-refractivity contribution >= 4 is 35.9 Å². The monoisotopic (exact) mass is 644 g/mol. The third kappa shape index (κ3) is 29.4. The van der Waals surface area contributed by atoms with Gasteiger partial charge in [-0.15, -0.1) is 0 Å². The molecule has 0 heterocycles. The number of carbonyl (C=O) groups excluding carboxylic acids is 4. The molecule has 0 aromatic carbocycles. The van der Waals surface area contributed by atoms with Gasteiger partial charge in [-0.2, -0.15) is 0 Å². The fraction of sp³-hybridized carbons (Fsp3) is 0.806. The molecule has 0 saturated heterocycles. The molecule has 0 aromatic rings. The van der Waals surface area contributed by atoms with Crippen LogP contribution in [0.1, 0.15) is 109 Å². The van der Waals surface area contributed by atoms with E-state index < -0.39 is 24.0 Å². The van der Waals surface area contributed by atoms with Crippen LogP contribution in [0, 0.1) is 0 Å². The van der Waals surface area contributed by atoms with Gasteiger partial charge in [-0.25, -0.2) is 4.79 Å². The van der Waals surface area contributed by atoms with Crippen molar-refractivity contribution < 1.29 is 48.5 Å². The number of hydrogen-bond donors (Lipinski definition) is 6. The van der Waals surface area contributed by atoms with Gasteiger partial charge in [0.05, 0.1) is 25.9 Å². The zero-order valence-corrected chi connectivity index (χ0v) is 26.7. The van der Waals surface area contributed by atoms with Crippen molar-refractivity contribution in [2.75, 3.05) is 39.5 Å². The first-order valence-electron chi connectivity index (χ1n) is 16.3. The molecule has 1 unspecified atom stereocenters. The molecule has 0 radical (unpaired) electrons. The number of ether oxygens (including phenoxy) is 2. The molecule has 7 N–H and O–H groups in total. The Bertz CT molecular complexity index is 843. The van der Waals surface area contributed by atoms with E-state index in [0.29, 0.717) is 25.7 Å². The summed E-state index contributed by atoms with van der Waals surface area (Å²) in [6, 6.07) is -1.60. The molecule has 0 aliphatic heterocycles. The number of unbranched alkanes of at least 4 members (excludes halogenated alkanes) is 10. The molecule has 45 heavy (non-hydrogen) atoms. The van der Waals surface area contributed by atoms with Gasteiger partial charge in [0, 0.05) is 32.4 Å². The minimum Gasteiger partial charge on any atom is -0.481 e. The Morgan fingerprint density at radius 3 is 1.80 bits per heavy atom. The van der Waals surface area contributed by atoms with E-state index in [2.05, 4.69) is 16.0 Å². The maximum Gasteiger partial charge on any atom is 0.326 e. The summed E-state index contributed by atoms with van der Waals surface area (Å²) in [5.41, 5.74) is 5.50. The van der Waals surface area contributed by atoms with Crippen molar-refractivity contribution in [1.29, 1.82) is 0 Å². The fourth-order valence-electron chi connectivity index (χ4n) is 4.36. The number of carboxylic acid groups (broad SMARTS) is 2. The number of nitrogens with two attached hydrogens (primary N) is 1. The second-order valence-electron chi connectivity index (χ2n) is 11.1. The summed E-state index contributed by atoms with van der Waals surface area (Å²) >= 11 is 0. The van der Waals surface area contributed by atoms with E-state index >= 15 is 0 Å². The summed E-state index contributed by atoms with van der Waals surface area (Å²) < 4.78 is 10.6. The quantitative estimate of drug-likeness (QED) is 0.0459. The van der Waals surface area contributed by atoms with Crippen molar-refractivity contribution in [3.8, 4) is 0 Å². The van der Waals surface area contributed by atoms with Crippen LogP contribution in [-0.2, 0) is 38.2 Å². The Balaban J connectivity index is 3.73. The van der Waals surface area contributed by atoms with Crippen LogP contribution in [-0.4, -0.2) is 97.8 Å². The minimum absolute atomic E-state index is 0.0216. The van der Waals surface area contributed by atoms with E-state index in [-0.39, 0.29) is 76.4 Å². The summed E-state index contributed by atoms with van der Waals surface area (Å²) in [6.07, 6.45) is 12.9. The molecule has 0 rings (SSSR count). The number of amides is 3. The molecular formula is C31H56N4O10. The standard InChI is InChI=1S/C31H56N4O10/c32-25(23-36)13-11-12-18-33-29(39)24-45-22-21-44-20-19-34-27(37)17-16-26(31(42)43)35-28(38)14-9-7-5-3-1-2-4-6-8-10-15-30(40)41/h23,25-26H,1-22,24,32H2,(H,33,39)(H,34,37)(H,35,38)(H,40,41)(H,42,43)/t25-,26?/m0/s1. The normalized spacial score (nSPS) is 12.2. The van der Waals surface area contributed by atoms with Crippen LogP contribution in [0.25, 0.3) is 0 Å². The Morgan fingerprint density at radius 2 is 1.20 bits per heavy atom. The van der Waals surface area contributed by atoms with Gasteiger partial charge in [0.15, 0.2) is 0 Å². The summed E-state index contributed by atoms with van der Waals surface area (Å²) in [5.74, 6) is -2.86. The molecule has 3 amide bonds. The van der Waals surface area contributed by atoms with E-state index in [1.165, 1.54) is 0 Å². The second-order valence-corrected chi connectivity index (χ2v) is 11.1. The van der Waals surface area contributed by atoms with E-state index in [0.717, 1.165) is 70.6 Å². The van der Waals surface area contributed by atoms with Crippen molar-refractivity contribution in [3.63, 3.8) is 0 Å². The zero-order chi connectivity index (χ0) is 33.5. The van der Waals surface area contributed by atoms with Crippen molar-refractivity contribution in [2.24, 2.45) is 5.73 Å². The SMILES string of the molecule is N[C@H](C=O)CCCCNC(=O)COCCOCCNC(=O)CCC(NC(=O)CCCCCCCCCCCCC(=O)O)C(=O)O. The third-order valence-electron chi connectivity index (χ3n) is 6.97. The van der Waals surface area contributed by atoms with Gasteiger partial charge in [0.1, 0.15) is 18.9 Å². The lowest BCUT2D eigenvalue weighted by atomic mass is 10.0. The summed E-state index contributed by atoms with van der Waals surface area (Å²) in [6.45, 7) is 1.26. The van der Waals surface area contributed by atoms with Gasteiger partial charge < -0.3 is 46.2 Å². The van der Waals surface area contributed by atoms with Crippen LogP contribution < -0.4 is 21.7 Å². The average molecular weight is 645 g/mol. The number of aldehydes is 1. The minimum atomic E-state index is -1.18. The molecule has 0 fully saturated rings. The van der Waals surface area contributed by atoms with E-state index in [1.807, 2.05) is 0 Å². The largest absolute Gasteiger partial charge is 0.481 e. The fourth-order valence-corrected chi connectivity index (χ4v) is 4.36. The molecule has 0 bridgehead atoms. The van der Waals surface area contributed by atoms with Crippen LogP contribution in [0.15, 0.2) is 0 Å². The van der Waals surface area contributed by atoms with Crippen LogP contribution in [0.4, 0.5) is 0 Å². The van der Waals surface area contributed by atoms with Crippen molar-refractivity contribution in [3.05, 3.63) is 0 Å². The van der Waals surface area contributed by atoms with Gasteiger partial charge in [-0.1, -0.05) is 51.4 Å². The number of carboxylic acids is 2. The predicted octanol–water partition coefficient (Wildman–Crippen LogP) is 2.06. The van der Waals surface area contributed by atoms with Crippen LogP contribution >= 0.6 is 0 Å². The summed E-state index contributed by atoms with van der Waals surface area (Å²) in [4.78, 5) is 68.4. The van der Waals surface area contributed by atoms with Gasteiger partial charge in [0.2, 0.25) is 17.7 Å². The van der Waals surface area contributed by atoms with Crippen LogP contribution in [0.5, 0.6) is 0 Å².